The van der Waals surface area contributed by atoms with Gasteiger partial charge in [-0.1, -0.05) is 5.16 Å². The van der Waals surface area contributed by atoms with Gasteiger partial charge in [0.15, 0.2) is 0 Å². The summed E-state index contributed by atoms with van der Waals surface area (Å²) in [7, 11) is 5.17. The fourth-order valence-electron chi connectivity index (χ4n) is 0.386. The van der Waals surface area contributed by atoms with Gasteiger partial charge in [0.2, 0.25) is 0 Å². The third-order valence-electron chi connectivity index (χ3n) is 0.646. The van der Waals surface area contributed by atoms with Gasteiger partial charge in [-0.3, -0.25) is 0 Å². The standard InChI is InChI=1S/C4H4BNO/c1-3-2-4(5)6-7-3/h2H,1H3. The molecule has 3 heteroatoms. The summed E-state index contributed by atoms with van der Waals surface area (Å²) in [5.41, 5.74) is 0.442. The number of aromatic nitrogens is 1. The quantitative estimate of drug-likeness (QED) is 0.414. The van der Waals surface area contributed by atoms with Gasteiger partial charge < -0.3 is 4.52 Å². The molecule has 0 unspecified atom stereocenters. The molecule has 0 saturated carbocycles. The van der Waals surface area contributed by atoms with Crippen molar-refractivity contribution >= 4 is 13.4 Å². The minimum Gasteiger partial charge on any atom is -0.362 e. The fraction of sp³-hybridized carbons (Fsp3) is 0.250. The second kappa shape index (κ2) is 1.41. The van der Waals surface area contributed by atoms with Crippen LogP contribution in [0.15, 0.2) is 10.6 Å². The molecule has 0 N–H and O–H groups in total. The minimum absolute atomic E-state index is 0.442. The maximum absolute atomic E-state index is 5.17. The Kier molecular flexibility index (Phi) is 0.892. The SMILES string of the molecule is [B]c1cc(C)on1. The van der Waals surface area contributed by atoms with Crippen LogP contribution in [-0.4, -0.2) is 13.0 Å². The van der Waals surface area contributed by atoms with Crippen molar-refractivity contribution in [1.29, 1.82) is 0 Å². The van der Waals surface area contributed by atoms with Crippen LogP contribution in [0.3, 0.4) is 0 Å². The van der Waals surface area contributed by atoms with E-state index in [1.807, 2.05) is 0 Å². The highest BCUT2D eigenvalue weighted by atomic mass is 16.5. The molecule has 1 rings (SSSR count). The monoisotopic (exact) mass is 93.0 g/mol. The molecule has 34 valence electrons. The first kappa shape index (κ1) is 4.43. The van der Waals surface area contributed by atoms with Crippen LogP contribution >= 0.6 is 0 Å². The molecule has 2 radical (unpaired) electrons. The predicted octanol–water partition coefficient (Wildman–Crippen LogP) is -0.223. The van der Waals surface area contributed by atoms with E-state index in [1.165, 1.54) is 0 Å². The Morgan fingerprint density at radius 2 is 2.57 bits per heavy atom. The average molecular weight is 92.9 g/mol. The van der Waals surface area contributed by atoms with Crippen molar-refractivity contribution in [2.75, 3.05) is 0 Å². The number of hydrogen-bond donors (Lipinski definition) is 0. The van der Waals surface area contributed by atoms with Gasteiger partial charge in [0.05, 0.1) is 0 Å². The lowest BCUT2D eigenvalue weighted by molar-refractivity contribution is 0.402. The molecule has 0 aliphatic rings. The van der Waals surface area contributed by atoms with Crippen LogP contribution in [0.25, 0.3) is 0 Å². The Morgan fingerprint density at radius 3 is 2.71 bits per heavy atom. The van der Waals surface area contributed by atoms with Crippen molar-refractivity contribution in [2.24, 2.45) is 0 Å². The Balaban J connectivity index is 3.04. The van der Waals surface area contributed by atoms with Crippen molar-refractivity contribution < 1.29 is 4.52 Å². The molecule has 1 aromatic rings. The molecule has 0 aliphatic heterocycles. The van der Waals surface area contributed by atoms with E-state index < -0.39 is 0 Å². The van der Waals surface area contributed by atoms with E-state index in [9.17, 15) is 0 Å². The highest BCUT2D eigenvalue weighted by molar-refractivity contribution is 6.30. The first-order chi connectivity index (χ1) is 3.29. The summed E-state index contributed by atoms with van der Waals surface area (Å²) in [6.07, 6.45) is 0. The summed E-state index contributed by atoms with van der Waals surface area (Å²) in [6.45, 7) is 1.80. The van der Waals surface area contributed by atoms with Gasteiger partial charge in [-0.25, -0.2) is 0 Å². The van der Waals surface area contributed by atoms with Crippen molar-refractivity contribution in [2.45, 2.75) is 6.92 Å². The van der Waals surface area contributed by atoms with Crippen LogP contribution in [0.4, 0.5) is 0 Å². The maximum Gasteiger partial charge on any atom is 0.146 e. The summed E-state index contributed by atoms with van der Waals surface area (Å²) >= 11 is 0. The molecular formula is C4H4BNO. The third kappa shape index (κ3) is 0.826. The van der Waals surface area contributed by atoms with Gasteiger partial charge in [0, 0.05) is 5.59 Å². The van der Waals surface area contributed by atoms with Gasteiger partial charge in [-0.15, -0.1) is 0 Å². The third-order valence-corrected chi connectivity index (χ3v) is 0.646. The molecule has 0 amide bonds. The molecular weight excluding hydrogens is 88.9 g/mol. The molecule has 1 aromatic heterocycles. The van der Waals surface area contributed by atoms with E-state index in [1.54, 1.807) is 13.0 Å². The minimum atomic E-state index is 0.442. The van der Waals surface area contributed by atoms with E-state index >= 15 is 0 Å². The Labute approximate surface area is 42.9 Å². The Hall–Kier alpha value is -0.725. The highest BCUT2D eigenvalue weighted by Crippen LogP contribution is 1.86. The van der Waals surface area contributed by atoms with Crippen molar-refractivity contribution in [3.63, 3.8) is 0 Å². The van der Waals surface area contributed by atoms with E-state index in [4.69, 9.17) is 7.85 Å². The molecule has 0 saturated heterocycles. The molecule has 0 spiro atoms. The van der Waals surface area contributed by atoms with Gasteiger partial charge in [-0.05, 0) is 13.0 Å². The van der Waals surface area contributed by atoms with Gasteiger partial charge in [0.1, 0.15) is 13.6 Å². The van der Waals surface area contributed by atoms with Crippen LogP contribution in [0.2, 0.25) is 0 Å². The second-order valence-electron chi connectivity index (χ2n) is 1.36. The molecule has 0 bridgehead atoms. The van der Waals surface area contributed by atoms with Crippen LogP contribution in [0, 0.1) is 6.92 Å². The van der Waals surface area contributed by atoms with Gasteiger partial charge in [0.25, 0.3) is 0 Å². The van der Waals surface area contributed by atoms with E-state index in [2.05, 4.69) is 9.68 Å². The molecule has 0 atom stereocenters. The fourth-order valence-corrected chi connectivity index (χ4v) is 0.386. The van der Waals surface area contributed by atoms with Crippen LogP contribution in [0.1, 0.15) is 5.76 Å². The smallest absolute Gasteiger partial charge is 0.146 e. The topological polar surface area (TPSA) is 26.0 Å². The zero-order chi connectivity index (χ0) is 5.28. The Morgan fingerprint density at radius 1 is 1.86 bits per heavy atom. The van der Waals surface area contributed by atoms with Gasteiger partial charge >= 0.3 is 0 Å². The summed E-state index contributed by atoms with van der Waals surface area (Å²) < 4.78 is 4.59. The summed E-state index contributed by atoms with van der Waals surface area (Å²) in [5, 5.41) is 3.42. The van der Waals surface area contributed by atoms with Crippen LogP contribution < -0.4 is 5.59 Å². The van der Waals surface area contributed by atoms with Crippen molar-refractivity contribution in [3.8, 4) is 0 Å². The number of aryl methyl sites for hydroxylation is 1. The largest absolute Gasteiger partial charge is 0.362 e. The highest BCUT2D eigenvalue weighted by Gasteiger charge is 1.87. The molecule has 0 aliphatic carbocycles. The zero-order valence-corrected chi connectivity index (χ0v) is 4.01. The van der Waals surface area contributed by atoms with Gasteiger partial charge in [-0.2, -0.15) is 0 Å². The predicted molar refractivity (Wildman–Crippen MR) is 26.6 cm³/mol. The molecule has 0 aromatic carbocycles. The number of rotatable bonds is 0. The van der Waals surface area contributed by atoms with E-state index in [0.717, 1.165) is 5.76 Å². The van der Waals surface area contributed by atoms with E-state index in [0.29, 0.717) is 5.59 Å². The number of hydrogen-bond acceptors (Lipinski definition) is 2. The average Bonchev–Trinajstić information content (AvgIpc) is 1.87. The maximum atomic E-state index is 5.17. The first-order valence-electron chi connectivity index (χ1n) is 1.98. The van der Waals surface area contributed by atoms with Crippen molar-refractivity contribution in [1.82, 2.24) is 5.16 Å². The van der Waals surface area contributed by atoms with Crippen LogP contribution in [-0.2, 0) is 0 Å². The summed E-state index contributed by atoms with van der Waals surface area (Å²) in [4.78, 5) is 0. The number of nitrogens with zero attached hydrogens (tertiary/aromatic N) is 1. The lowest BCUT2D eigenvalue weighted by Crippen LogP contribution is -1.99. The first-order valence-corrected chi connectivity index (χ1v) is 1.98. The Bertz CT molecular complexity index is 144. The van der Waals surface area contributed by atoms with E-state index in [-0.39, 0.29) is 0 Å². The normalized spacial score (nSPS) is 9.29. The summed E-state index contributed by atoms with van der Waals surface area (Å²) in [6, 6.07) is 1.67. The molecule has 0 fully saturated rings. The molecule has 1 heterocycles. The van der Waals surface area contributed by atoms with Crippen LogP contribution in [0.5, 0.6) is 0 Å². The summed E-state index contributed by atoms with van der Waals surface area (Å²) in [5.74, 6) is 0.748. The lowest BCUT2D eigenvalue weighted by Gasteiger charge is -1.65. The van der Waals surface area contributed by atoms with Crippen molar-refractivity contribution in [3.05, 3.63) is 11.8 Å². The lowest BCUT2D eigenvalue weighted by atomic mass is 10.1. The molecule has 2 nitrogen and oxygen atoms in total. The second-order valence-corrected chi connectivity index (χ2v) is 1.36. The zero-order valence-electron chi connectivity index (χ0n) is 4.01. The molecule has 7 heavy (non-hydrogen) atoms.